The molecular weight excluding hydrogens is 184 g/mol. The Bertz CT molecular complexity index is 191. The van der Waals surface area contributed by atoms with E-state index in [1.165, 1.54) is 12.8 Å². The smallest absolute Gasteiger partial charge is 0.248 e. The summed E-state index contributed by atoms with van der Waals surface area (Å²) in [5.74, 6) is -1.91. The summed E-state index contributed by atoms with van der Waals surface area (Å²) in [6.45, 7) is 2.15. The van der Waals surface area contributed by atoms with E-state index in [0.29, 0.717) is 30.8 Å². The monoisotopic (exact) mass is 203 g/mol. The van der Waals surface area contributed by atoms with Gasteiger partial charge >= 0.3 is 0 Å². The number of halogens is 2. The minimum atomic E-state index is -2.38. The standard InChI is InChI=1S/C11H19F2N/c1-8(14-10-2-3-10)9-4-6-11(12,13)7-5-9/h8-10,14H,2-7H2,1H3. The maximum absolute atomic E-state index is 12.9. The van der Waals surface area contributed by atoms with Crippen molar-refractivity contribution < 1.29 is 8.78 Å². The summed E-state index contributed by atoms with van der Waals surface area (Å²) in [7, 11) is 0. The van der Waals surface area contributed by atoms with Crippen LogP contribution in [-0.2, 0) is 0 Å². The van der Waals surface area contributed by atoms with Gasteiger partial charge in [0.1, 0.15) is 0 Å². The van der Waals surface area contributed by atoms with Gasteiger partial charge in [-0.15, -0.1) is 0 Å². The first kappa shape index (κ1) is 10.3. The lowest BCUT2D eigenvalue weighted by Gasteiger charge is -2.32. The van der Waals surface area contributed by atoms with Crippen LogP contribution in [0.25, 0.3) is 0 Å². The number of alkyl halides is 2. The average molecular weight is 203 g/mol. The Morgan fingerprint density at radius 3 is 2.21 bits per heavy atom. The molecule has 0 aliphatic heterocycles. The summed E-state index contributed by atoms with van der Waals surface area (Å²) in [5.41, 5.74) is 0. The first-order valence-corrected chi connectivity index (χ1v) is 5.71. The first-order chi connectivity index (χ1) is 6.57. The maximum atomic E-state index is 12.9. The van der Waals surface area contributed by atoms with Crippen molar-refractivity contribution in [1.82, 2.24) is 5.32 Å². The second-order valence-electron chi connectivity index (χ2n) is 4.92. The van der Waals surface area contributed by atoms with Crippen molar-refractivity contribution in [3.63, 3.8) is 0 Å². The molecule has 14 heavy (non-hydrogen) atoms. The fraction of sp³-hybridized carbons (Fsp3) is 1.00. The Kier molecular flexibility index (Phi) is 2.78. The minimum absolute atomic E-state index is 0.0916. The number of nitrogens with one attached hydrogen (secondary N) is 1. The van der Waals surface area contributed by atoms with Gasteiger partial charge in [0.2, 0.25) is 5.92 Å². The van der Waals surface area contributed by atoms with Crippen molar-refractivity contribution in [1.29, 1.82) is 0 Å². The summed E-state index contributed by atoms with van der Waals surface area (Å²) in [5, 5.41) is 3.51. The third-order valence-corrected chi connectivity index (χ3v) is 3.54. The summed E-state index contributed by atoms with van der Waals surface area (Å²) in [6, 6.07) is 1.12. The van der Waals surface area contributed by atoms with E-state index in [9.17, 15) is 8.78 Å². The molecule has 2 rings (SSSR count). The second kappa shape index (κ2) is 3.76. The zero-order valence-corrected chi connectivity index (χ0v) is 8.73. The van der Waals surface area contributed by atoms with Crippen molar-refractivity contribution in [3.05, 3.63) is 0 Å². The van der Waals surface area contributed by atoms with Crippen LogP contribution in [0.5, 0.6) is 0 Å². The molecule has 1 atom stereocenters. The van der Waals surface area contributed by atoms with Crippen LogP contribution in [0.2, 0.25) is 0 Å². The summed E-state index contributed by atoms with van der Waals surface area (Å²) < 4.78 is 25.8. The predicted octanol–water partition coefficient (Wildman–Crippen LogP) is 2.95. The van der Waals surface area contributed by atoms with Crippen LogP contribution in [0.15, 0.2) is 0 Å². The van der Waals surface area contributed by atoms with E-state index >= 15 is 0 Å². The van der Waals surface area contributed by atoms with Crippen molar-refractivity contribution in [2.75, 3.05) is 0 Å². The normalized spacial score (nSPS) is 30.2. The molecule has 2 aliphatic rings. The SMILES string of the molecule is CC(NC1CC1)C1CCC(F)(F)CC1. The molecule has 0 heterocycles. The average Bonchev–Trinajstić information content (AvgIpc) is 2.88. The van der Waals surface area contributed by atoms with Crippen LogP contribution >= 0.6 is 0 Å². The van der Waals surface area contributed by atoms with E-state index in [1.807, 2.05) is 0 Å². The molecule has 0 aromatic carbocycles. The van der Waals surface area contributed by atoms with Gasteiger partial charge in [-0.05, 0) is 38.5 Å². The molecule has 2 aliphatic carbocycles. The molecule has 0 aromatic heterocycles. The maximum Gasteiger partial charge on any atom is 0.248 e. The Morgan fingerprint density at radius 1 is 1.14 bits per heavy atom. The molecule has 0 aromatic rings. The molecule has 82 valence electrons. The van der Waals surface area contributed by atoms with Gasteiger partial charge in [-0.25, -0.2) is 8.78 Å². The highest BCUT2D eigenvalue weighted by Crippen LogP contribution is 2.37. The van der Waals surface area contributed by atoms with Crippen LogP contribution in [0.1, 0.15) is 45.4 Å². The largest absolute Gasteiger partial charge is 0.311 e. The van der Waals surface area contributed by atoms with Gasteiger partial charge in [-0.2, -0.15) is 0 Å². The zero-order valence-electron chi connectivity index (χ0n) is 8.73. The van der Waals surface area contributed by atoms with Gasteiger partial charge in [0.15, 0.2) is 0 Å². The van der Waals surface area contributed by atoms with E-state index < -0.39 is 5.92 Å². The number of hydrogen-bond donors (Lipinski definition) is 1. The molecule has 0 radical (unpaired) electrons. The lowest BCUT2D eigenvalue weighted by Crippen LogP contribution is -2.38. The molecule has 2 fully saturated rings. The third-order valence-electron chi connectivity index (χ3n) is 3.54. The Balaban J connectivity index is 1.75. The summed E-state index contributed by atoms with van der Waals surface area (Å²) >= 11 is 0. The number of hydrogen-bond acceptors (Lipinski definition) is 1. The quantitative estimate of drug-likeness (QED) is 0.743. The highest BCUT2D eigenvalue weighted by molar-refractivity contribution is 4.88. The fourth-order valence-corrected chi connectivity index (χ4v) is 2.32. The summed E-state index contributed by atoms with van der Waals surface area (Å²) in [6.07, 6.45) is 4.10. The Hall–Kier alpha value is -0.180. The molecule has 1 nitrogen and oxygen atoms in total. The van der Waals surface area contributed by atoms with E-state index in [2.05, 4.69) is 12.2 Å². The van der Waals surface area contributed by atoms with Crippen molar-refractivity contribution in [2.45, 2.75) is 63.5 Å². The summed E-state index contributed by atoms with van der Waals surface area (Å²) in [4.78, 5) is 0. The third kappa shape index (κ3) is 2.66. The molecular formula is C11H19F2N. The molecule has 0 spiro atoms. The van der Waals surface area contributed by atoms with Crippen LogP contribution in [0.3, 0.4) is 0 Å². The predicted molar refractivity (Wildman–Crippen MR) is 52.5 cm³/mol. The highest BCUT2D eigenvalue weighted by atomic mass is 19.3. The van der Waals surface area contributed by atoms with Gasteiger partial charge in [0, 0.05) is 24.9 Å². The van der Waals surface area contributed by atoms with Crippen LogP contribution in [0.4, 0.5) is 8.78 Å². The lowest BCUT2D eigenvalue weighted by molar-refractivity contribution is -0.0489. The lowest BCUT2D eigenvalue weighted by atomic mass is 9.82. The van der Waals surface area contributed by atoms with Crippen molar-refractivity contribution >= 4 is 0 Å². The van der Waals surface area contributed by atoms with Crippen molar-refractivity contribution in [2.24, 2.45) is 5.92 Å². The molecule has 2 saturated carbocycles. The Morgan fingerprint density at radius 2 is 1.71 bits per heavy atom. The van der Waals surface area contributed by atoms with Crippen LogP contribution in [-0.4, -0.2) is 18.0 Å². The molecule has 3 heteroatoms. The van der Waals surface area contributed by atoms with E-state index in [4.69, 9.17) is 0 Å². The van der Waals surface area contributed by atoms with Crippen LogP contribution < -0.4 is 5.32 Å². The van der Waals surface area contributed by atoms with E-state index in [1.54, 1.807) is 0 Å². The van der Waals surface area contributed by atoms with Gasteiger partial charge in [-0.3, -0.25) is 0 Å². The van der Waals surface area contributed by atoms with Crippen molar-refractivity contribution in [3.8, 4) is 0 Å². The molecule has 0 bridgehead atoms. The van der Waals surface area contributed by atoms with E-state index in [0.717, 1.165) is 0 Å². The second-order valence-corrected chi connectivity index (χ2v) is 4.92. The molecule has 1 unspecified atom stereocenters. The van der Waals surface area contributed by atoms with Gasteiger partial charge in [0.05, 0.1) is 0 Å². The molecule has 0 saturated heterocycles. The van der Waals surface area contributed by atoms with E-state index in [-0.39, 0.29) is 12.8 Å². The Labute approximate surface area is 84.3 Å². The molecule has 0 amide bonds. The van der Waals surface area contributed by atoms with Gasteiger partial charge < -0.3 is 5.32 Å². The topological polar surface area (TPSA) is 12.0 Å². The van der Waals surface area contributed by atoms with Gasteiger partial charge in [-0.1, -0.05) is 0 Å². The first-order valence-electron chi connectivity index (χ1n) is 5.71. The highest BCUT2D eigenvalue weighted by Gasteiger charge is 2.37. The molecule has 1 N–H and O–H groups in total. The zero-order chi connectivity index (χ0) is 10.2. The van der Waals surface area contributed by atoms with Crippen LogP contribution in [0, 0.1) is 5.92 Å². The fourth-order valence-electron chi connectivity index (χ4n) is 2.32. The van der Waals surface area contributed by atoms with Gasteiger partial charge in [0.25, 0.3) is 0 Å². The number of rotatable bonds is 3. The minimum Gasteiger partial charge on any atom is -0.311 e.